The van der Waals surface area contributed by atoms with Crippen molar-refractivity contribution in [2.24, 2.45) is 5.10 Å². The van der Waals surface area contributed by atoms with Gasteiger partial charge in [-0.1, -0.05) is 18.2 Å². The van der Waals surface area contributed by atoms with Gasteiger partial charge in [0, 0.05) is 10.9 Å². The molecule has 1 amide bonds. The Kier molecular flexibility index (Phi) is 3.09. The maximum absolute atomic E-state index is 11.7. The first-order chi connectivity index (χ1) is 8.58. The number of amides is 1. The van der Waals surface area contributed by atoms with Crippen LogP contribution in [-0.4, -0.2) is 27.7 Å². The van der Waals surface area contributed by atoms with Crippen molar-refractivity contribution in [3.8, 4) is 0 Å². The van der Waals surface area contributed by atoms with Crippen molar-refractivity contribution in [2.75, 3.05) is 0 Å². The van der Waals surface area contributed by atoms with Crippen LogP contribution in [0.15, 0.2) is 35.4 Å². The molecule has 0 saturated carbocycles. The highest BCUT2D eigenvalue weighted by molar-refractivity contribution is 6.34. The summed E-state index contributed by atoms with van der Waals surface area (Å²) in [6.45, 7) is 1.30. The highest BCUT2D eigenvalue weighted by Crippen LogP contribution is 2.14. The quantitative estimate of drug-likeness (QED) is 0.562. The van der Waals surface area contributed by atoms with Gasteiger partial charge in [-0.3, -0.25) is 4.79 Å². The zero-order chi connectivity index (χ0) is 13.1. The Bertz CT molecular complexity index is 610. The topological polar surface area (TPSA) is 94.5 Å². The molecule has 0 aliphatic rings. The Hall–Kier alpha value is -2.63. The van der Waals surface area contributed by atoms with Crippen LogP contribution in [-0.2, 0) is 4.79 Å². The fourth-order valence-corrected chi connectivity index (χ4v) is 1.44. The number of hydrazone groups is 1. The predicted octanol–water partition coefficient (Wildman–Crippen LogP) is 1.36. The first kappa shape index (κ1) is 11.8. The first-order valence-electron chi connectivity index (χ1n) is 5.23. The number of carboxylic acids is 1. The van der Waals surface area contributed by atoms with Crippen LogP contribution in [0.3, 0.4) is 0 Å². The maximum Gasteiger partial charge on any atom is 0.351 e. The maximum atomic E-state index is 11.7. The van der Waals surface area contributed by atoms with Gasteiger partial charge in [-0.15, -0.1) is 0 Å². The number of aromatic amines is 1. The van der Waals surface area contributed by atoms with Crippen molar-refractivity contribution in [3.05, 3.63) is 36.0 Å². The molecule has 0 unspecified atom stereocenters. The van der Waals surface area contributed by atoms with Gasteiger partial charge in [0.15, 0.2) is 0 Å². The van der Waals surface area contributed by atoms with E-state index in [9.17, 15) is 9.59 Å². The molecule has 2 rings (SSSR count). The lowest BCUT2D eigenvalue weighted by Crippen LogP contribution is -2.21. The van der Waals surface area contributed by atoms with Gasteiger partial charge in [0.05, 0.1) is 0 Å². The van der Waals surface area contributed by atoms with E-state index in [4.69, 9.17) is 5.11 Å². The van der Waals surface area contributed by atoms with Gasteiger partial charge in [0.25, 0.3) is 5.91 Å². The fourth-order valence-electron chi connectivity index (χ4n) is 1.44. The summed E-state index contributed by atoms with van der Waals surface area (Å²) in [6, 6.07) is 9.11. The smallest absolute Gasteiger partial charge is 0.351 e. The zero-order valence-corrected chi connectivity index (χ0v) is 9.60. The number of hydrogen-bond donors (Lipinski definition) is 3. The van der Waals surface area contributed by atoms with Crippen molar-refractivity contribution in [2.45, 2.75) is 6.92 Å². The minimum Gasteiger partial charge on any atom is -0.477 e. The molecule has 6 nitrogen and oxygen atoms in total. The largest absolute Gasteiger partial charge is 0.477 e. The van der Waals surface area contributed by atoms with E-state index in [0.717, 1.165) is 10.9 Å². The van der Waals surface area contributed by atoms with Gasteiger partial charge in [0.2, 0.25) is 0 Å². The van der Waals surface area contributed by atoms with Crippen LogP contribution >= 0.6 is 0 Å². The fraction of sp³-hybridized carbons (Fsp3) is 0.0833. The Balaban J connectivity index is 2.19. The number of rotatable bonds is 3. The molecule has 0 radical (unpaired) electrons. The molecule has 2 aromatic rings. The van der Waals surface area contributed by atoms with Crippen LogP contribution in [0.5, 0.6) is 0 Å². The van der Waals surface area contributed by atoms with Crippen molar-refractivity contribution in [1.29, 1.82) is 0 Å². The molecule has 0 aliphatic carbocycles. The van der Waals surface area contributed by atoms with Crippen LogP contribution in [0, 0.1) is 0 Å². The van der Waals surface area contributed by atoms with E-state index in [-0.39, 0.29) is 5.71 Å². The SMILES string of the molecule is C/C(=N\NC(=O)c1cc2ccccc2[nH]1)C(=O)O. The number of carbonyl (C=O) groups excluding carboxylic acids is 1. The number of nitrogens with one attached hydrogen (secondary N) is 2. The monoisotopic (exact) mass is 245 g/mol. The molecular weight excluding hydrogens is 234 g/mol. The summed E-state index contributed by atoms with van der Waals surface area (Å²) in [5, 5.41) is 13.0. The number of hydrogen-bond acceptors (Lipinski definition) is 3. The highest BCUT2D eigenvalue weighted by Gasteiger charge is 2.09. The molecule has 0 fully saturated rings. The summed E-state index contributed by atoms with van der Waals surface area (Å²) in [6.07, 6.45) is 0. The van der Waals surface area contributed by atoms with Crippen LogP contribution in [0.2, 0.25) is 0 Å². The number of H-pyrrole nitrogens is 1. The molecule has 1 heterocycles. The van der Waals surface area contributed by atoms with Gasteiger partial charge in [-0.05, 0) is 19.1 Å². The number of aromatic nitrogens is 1. The average Bonchev–Trinajstić information content (AvgIpc) is 2.79. The molecule has 1 aromatic carbocycles. The summed E-state index contributed by atoms with van der Waals surface area (Å²) < 4.78 is 0. The Morgan fingerprint density at radius 1 is 1.33 bits per heavy atom. The molecule has 1 aromatic heterocycles. The molecule has 0 aliphatic heterocycles. The molecular formula is C12H11N3O3. The van der Waals surface area contributed by atoms with E-state index in [1.807, 2.05) is 24.3 Å². The molecule has 18 heavy (non-hydrogen) atoms. The van der Waals surface area contributed by atoms with Gasteiger partial charge in [-0.2, -0.15) is 5.10 Å². The first-order valence-corrected chi connectivity index (χ1v) is 5.23. The summed E-state index contributed by atoms with van der Waals surface area (Å²) in [7, 11) is 0. The second-order valence-electron chi connectivity index (χ2n) is 3.71. The third-order valence-corrected chi connectivity index (χ3v) is 2.41. The lowest BCUT2D eigenvalue weighted by Gasteiger charge is -1.97. The highest BCUT2D eigenvalue weighted by atomic mass is 16.4. The average molecular weight is 245 g/mol. The van der Waals surface area contributed by atoms with Crippen LogP contribution in [0.25, 0.3) is 10.9 Å². The Morgan fingerprint density at radius 3 is 2.72 bits per heavy atom. The van der Waals surface area contributed by atoms with Crippen molar-refractivity contribution < 1.29 is 14.7 Å². The number of carbonyl (C=O) groups is 2. The zero-order valence-electron chi connectivity index (χ0n) is 9.60. The van der Waals surface area contributed by atoms with Crippen LogP contribution in [0.1, 0.15) is 17.4 Å². The number of aliphatic carboxylic acids is 1. The Labute approximate surface area is 102 Å². The summed E-state index contributed by atoms with van der Waals surface area (Å²) in [5.74, 6) is -1.65. The molecule has 92 valence electrons. The Morgan fingerprint density at radius 2 is 2.06 bits per heavy atom. The molecule has 6 heteroatoms. The molecule has 0 spiro atoms. The van der Waals surface area contributed by atoms with Crippen molar-refractivity contribution in [3.63, 3.8) is 0 Å². The van der Waals surface area contributed by atoms with Crippen LogP contribution < -0.4 is 5.43 Å². The van der Waals surface area contributed by atoms with Gasteiger partial charge in [0.1, 0.15) is 11.4 Å². The molecule has 3 N–H and O–H groups in total. The number of fused-ring (bicyclic) bond motifs is 1. The third kappa shape index (κ3) is 2.37. The van der Waals surface area contributed by atoms with E-state index in [0.29, 0.717) is 5.69 Å². The van der Waals surface area contributed by atoms with Crippen LogP contribution in [0.4, 0.5) is 0 Å². The van der Waals surface area contributed by atoms with Crippen molar-refractivity contribution in [1.82, 2.24) is 10.4 Å². The van der Waals surface area contributed by atoms with E-state index in [1.54, 1.807) is 6.07 Å². The number of carboxylic acid groups (broad SMARTS) is 1. The summed E-state index contributed by atoms with van der Waals surface area (Å²) in [4.78, 5) is 25.1. The van der Waals surface area contributed by atoms with E-state index in [1.165, 1.54) is 6.92 Å². The van der Waals surface area contributed by atoms with E-state index < -0.39 is 11.9 Å². The predicted molar refractivity (Wildman–Crippen MR) is 66.5 cm³/mol. The second kappa shape index (κ2) is 4.70. The normalized spacial score (nSPS) is 11.5. The van der Waals surface area contributed by atoms with Crippen molar-refractivity contribution >= 4 is 28.5 Å². The van der Waals surface area contributed by atoms with Gasteiger partial charge < -0.3 is 10.1 Å². The van der Waals surface area contributed by atoms with E-state index in [2.05, 4.69) is 15.5 Å². The lowest BCUT2D eigenvalue weighted by atomic mass is 10.2. The minimum atomic E-state index is -1.17. The minimum absolute atomic E-state index is 0.181. The third-order valence-electron chi connectivity index (χ3n) is 2.41. The van der Waals surface area contributed by atoms with Gasteiger partial charge >= 0.3 is 5.97 Å². The number of benzene rings is 1. The molecule has 0 bridgehead atoms. The molecule has 0 saturated heterocycles. The second-order valence-corrected chi connectivity index (χ2v) is 3.71. The number of nitrogens with zero attached hydrogens (tertiary/aromatic N) is 1. The van der Waals surface area contributed by atoms with E-state index >= 15 is 0 Å². The van der Waals surface area contributed by atoms with Gasteiger partial charge in [-0.25, -0.2) is 10.2 Å². The lowest BCUT2D eigenvalue weighted by molar-refractivity contribution is -0.129. The summed E-state index contributed by atoms with van der Waals surface area (Å²) in [5.41, 5.74) is 3.16. The summed E-state index contributed by atoms with van der Waals surface area (Å²) >= 11 is 0. The number of para-hydroxylation sites is 1. The molecule has 0 atom stereocenters. The standard InChI is InChI=1S/C12H11N3O3/c1-7(12(17)18)14-15-11(16)10-6-8-4-2-3-5-9(8)13-10/h2-6,13H,1H3,(H,15,16)(H,17,18)/b14-7+.